The van der Waals surface area contributed by atoms with Gasteiger partial charge in [0.05, 0.1) is 12.5 Å². The van der Waals surface area contributed by atoms with Crippen molar-refractivity contribution in [2.24, 2.45) is 0 Å². The van der Waals surface area contributed by atoms with E-state index >= 15 is 0 Å². The molecule has 1 heterocycles. The van der Waals surface area contributed by atoms with Crippen LogP contribution in [0.1, 0.15) is 26.3 Å². The van der Waals surface area contributed by atoms with E-state index in [0.29, 0.717) is 17.0 Å². The highest BCUT2D eigenvalue weighted by Gasteiger charge is 2.39. The molecule has 25 heavy (non-hydrogen) atoms. The molecule has 0 radical (unpaired) electrons. The largest absolute Gasteiger partial charge is 0.444 e. The Morgan fingerprint density at radius 1 is 1.28 bits per heavy atom. The molecule has 0 spiro atoms. The third-order valence-electron chi connectivity index (χ3n) is 3.53. The Morgan fingerprint density at radius 2 is 1.96 bits per heavy atom. The summed E-state index contributed by atoms with van der Waals surface area (Å²) in [7, 11) is 0. The van der Waals surface area contributed by atoms with Crippen molar-refractivity contribution >= 4 is 36.2 Å². The third-order valence-corrected chi connectivity index (χ3v) is 3.92. The lowest BCUT2D eigenvalue weighted by Crippen LogP contribution is -2.70. The maximum atomic E-state index is 12.2. The molecule has 1 fully saturated rings. The van der Waals surface area contributed by atoms with Gasteiger partial charge >= 0.3 is 6.09 Å². The summed E-state index contributed by atoms with van der Waals surface area (Å²) >= 11 is 4.13. The van der Waals surface area contributed by atoms with Crippen LogP contribution in [0.5, 0.6) is 0 Å². The molecule has 3 N–H and O–H groups in total. The first kappa shape index (κ1) is 19.1. The number of thiol groups is 1. The van der Waals surface area contributed by atoms with Crippen LogP contribution in [0, 0.1) is 0 Å². The van der Waals surface area contributed by atoms with Crippen LogP contribution in [-0.4, -0.2) is 41.3 Å². The average Bonchev–Trinajstić information content (AvgIpc) is 2.50. The van der Waals surface area contributed by atoms with Crippen LogP contribution in [0.2, 0.25) is 0 Å². The van der Waals surface area contributed by atoms with Crippen LogP contribution < -0.4 is 16.0 Å². The summed E-state index contributed by atoms with van der Waals surface area (Å²) in [5.41, 5.74) is 0.513. The highest BCUT2D eigenvalue weighted by Crippen LogP contribution is 2.18. The first-order chi connectivity index (χ1) is 11.7. The number of β-lactam (4-membered cyclic amide) rings is 1. The quantitative estimate of drug-likeness (QED) is 0.469. The number of ether oxygens (including phenoxy) is 1. The average molecular weight is 365 g/mol. The molecule has 1 aliphatic rings. The van der Waals surface area contributed by atoms with Crippen molar-refractivity contribution in [1.29, 1.82) is 0 Å². The molecule has 0 aliphatic carbocycles. The topological polar surface area (TPSA) is 96.5 Å². The van der Waals surface area contributed by atoms with Crippen LogP contribution in [0.3, 0.4) is 0 Å². The van der Waals surface area contributed by atoms with Crippen LogP contribution in [0.25, 0.3) is 0 Å². The summed E-state index contributed by atoms with van der Waals surface area (Å²) in [6, 6.07) is 6.24. The smallest absolute Gasteiger partial charge is 0.412 e. The molecule has 1 saturated heterocycles. The van der Waals surface area contributed by atoms with Gasteiger partial charge in [0.15, 0.2) is 0 Å². The number of rotatable bonds is 5. The fourth-order valence-corrected chi connectivity index (χ4v) is 2.67. The normalized spacial score (nSPS) is 19.4. The van der Waals surface area contributed by atoms with Gasteiger partial charge in [-0.25, -0.2) is 4.79 Å². The van der Waals surface area contributed by atoms with Gasteiger partial charge in [-0.05, 0) is 32.4 Å². The van der Waals surface area contributed by atoms with Gasteiger partial charge in [0.1, 0.15) is 11.6 Å². The van der Waals surface area contributed by atoms with E-state index in [-0.39, 0.29) is 24.3 Å². The number of nitrogens with one attached hydrogen (secondary N) is 3. The molecular weight excluding hydrogens is 342 g/mol. The minimum absolute atomic E-state index is 0.0367. The van der Waals surface area contributed by atoms with Crippen molar-refractivity contribution < 1.29 is 19.1 Å². The van der Waals surface area contributed by atoms with Gasteiger partial charge in [0.25, 0.3) is 0 Å². The van der Waals surface area contributed by atoms with E-state index in [9.17, 15) is 14.4 Å². The molecular formula is C17H23N3O4S. The Kier molecular flexibility index (Phi) is 5.94. The Balaban J connectivity index is 1.99. The fourth-order valence-electron chi connectivity index (χ4n) is 2.37. The molecule has 1 aliphatic heterocycles. The second-order valence-electron chi connectivity index (χ2n) is 6.80. The monoisotopic (exact) mass is 365 g/mol. The van der Waals surface area contributed by atoms with E-state index in [1.807, 2.05) is 0 Å². The summed E-state index contributed by atoms with van der Waals surface area (Å²) in [5, 5.41) is 8.01. The van der Waals surface area contributed by atoms with Crippen LogP contribution in [0.4, 0.5) is 10.5 Å². The number of hydrogen-bond donors (Lipinski definition) is 4. The van der Waals surface area contributed by atoms with Crippen molar-refractivity contribution in [2.45, 2.75) is 44.9 Å². The van der Waals surface area contributed by atoms with E-state index in [2.05, 4.69) is 28.6 Å². The molecule has 3 amide bonds. The highest BCUT2D eigenvalue weighted by molar-refractivity contribution is 7.80. The molecule has 0 aromatic heterocycles. The van der Waals surface area contributed by atoms with E-state index in [4.69, 9.17) is 4.74 Å². The van der Waals surface area contributed by atoms with E-state index in [1.165, 1.54) is 0 Å². The Morgan fingerprint density at radius 3 is 2.56 bits per heavy atom. The maximum absolute atomic E-state index is 12.2. The zero-order chi connectivity index (χ0) is 18.6. The highest BCUT2D eigenvalue weighted by atomic mass is 32.1. The molecule has 7 nitrogen and oxygen atoms in total. The lowest BCUT2D eigenvalue weighted by Gasteiger charge is -2.36. The number of carbonyl (C=O) groups is 3. The van der Waals surface area contributed by atoms with Gasteiger partial charge in [-0.2, -0.15) is 12.6 Å². The predicted octanol–water partition coefficient (Wildman–Crippen LogP) is 1.49. The number of para-hydroxylation sites is 1. The number of carbonyl (C=O) groups excluding carboxylic acids is 3. The van der Waals surface area contributed by atoms with Crippen molar-refractivity contribution in [2.75, 3.05) is 11.1 Å². The number of anilines is 1. The molecule has 2 rings (SSSR count). The second-order valence-corrected chi connectivity index (χ2v) is 7.17. The lowest BCUT2D eigenvalue weighted by atomic mass is 10.00. The standard InChI is InChI=1S/C17H23N3O4S/c1-17(2,3)24-16(23)19-11-7-5-4-6-10(11)8-13(21)20-14-12(9-25)18-15(14)22/h4-7,12,14,25H,8-9H2,1-3H3,(H,18,22)(H,19,23)(H,20,21)/t12-,14+/m1/s1. The third kappa shape index (κ3) is 5.38. The van der Waals surface area contributed by atoms with Crippen molar-refractivity contribution in [3.05, 3.63) is 29.8 Å². The predicted molar refractivity (Wildman–Crippen MR) is 97.7 cm³/mol. The maximum Gasteiger partial charge on any atom is 0.412 e. The summed E-state index contributed by atoms with van der Waals surface area (Å²) in [6.45, 7) is 5.31. The van der Waals surface area contributed by atoms with Gasteiger partial charge in [-0.1, -0.05) is 18.2 Å². The summed E-state index contributed by atoms with van der Waals surface area (Å²) < 4.78 is 5.22. The molecule has 0 unspecified atom stereocenters. The van der Waals surface area contributed by atoms with Gasteiger partial charge < -0.3 is 15.4 Å². The van der Waals surface area contributed by atoms with E-state index < -0.39 is 17.7 Å². The minimum Gasteiger partial charge on any atom is -0.444 e. The van der Waals surface area contributed by atoms with E-state index in [1.54, 1.807) is 45.0 Å². The summed E-state index contributed by atoms with van der Waals surface area (Å²) in [4.78, 5) is 35.7. The molecule has 136 valence electrons. The summed E-state index contributed by atoms with van der Waals surface area (Å²) in [6.07, 6.45) is -0.552. The van der Waals surface area contributed by atoms with E-state index in [0.717, 1.165) is 0 Å². The van der Waals surface area contributed by atoms with Crippen LogP contribution in [-0.2, 0) is 20.7 Å². The van der Waals surface area contributed by atoms with Crippen molar-refractivity contribution in [3.8, 4) is 0 Å². The molecule has 0 bridgehead atoms. The fraction of sp³-hybridized carbons (Fsp3) is 0.471. The molecule has 0 saturated carbocycles. The van der Waals surface area contributed by atoms with Crippen molar-refractivity contribution in [3.63, 3.8) is 0 Å². The first-order valence-electron chi connectivity index (χ1n) is 7.98. The first-order valence-corrected chi connectivity index (χ1v) is 8.61. The SMILES string of the molecule is CC(C)(C)OC(=O)Nc1ccccc1CC(=O)N[C@@H]1C(=O)N[C@@H]1CS. The zero-order valence-electron chi connectivity index (χ0n) is 14.5. The van der Waals surface area contributed by atoms with Crippen molar-refractivity contribution in [1.82, 2.24) is 10.6 Å². The van der Waals surface area contributed by atoms with Gasteiger partial charge in [-0.3, -0.25) is 14.9 Å². The minimum atomic E-state index is -0.615. The Labute approximate surface area is 152 Å². The number of benzene rings is 1. The molecule has 1 aromatic carbocycles. The zero-order valence-corrected chi connectivity index (χ0v) is 15.4. The van der Waals surface area contributed by atoms with Crippen LogP contribution in [0.15, 0.2) is 24.3 Å². The lowest BCUT2D eigenvalue weighted by molar-refractivity contribution is -0.135. The molecule has 8 heteroatoms. The Hall–Kier alpha value is -2.22. The molecule has 1 aromatic rings. The summed E-state index contributed by atoms with van der Waals surface area (Å²) in [5.74, 6) is -0.0642. The second kappa shape index (κ2) is 7.77. The molecule has 2 atom stereocenters. The number of amides is 3. The van der Waals surface area contributed by atoms with Gasteiger partial charge in [0, 0.05) is 11.4 Å². The van der Waals surface area contributed by atoms with Gasteiger partial charge in [-0.15, -0.1) is 0 Å². The van der Waals surface area contributed by atoms with Gasteiger partial charge in [0.2, 0.25) is 11.8 Å². The Bertz CT molecular complexity index is 672. The van der Waals surface area contributed by atoms with Crippen LogP contribution >= 0.6 is 12.6 Å². The number of hydrogen-bond acceptors (Lipinski definition) is 5.